The highest BCUT2D eigenvalue weighted by atomic mass is 35.5. The van der Waals surface area contributed by atoms with Gasteiger partial charge in [0.05, 0.1) is 12.7 Å². The number of nitrogens with two attached hydrogens (primary N) is 1. The van der Waals surface area contributed by atoms with Gasteiger partial charge in [0.25, 0.3) is 0 Å². The third-order valence-corrected chi connectivity index (χ3v) is 2.91. The van der Waals surface area contributed by atoms with Crippen molar-refractivity contribution in [3.63, 3.8) is 0 Å². The van der Waals surface area contributed by atoms with Gasteiger partial charge in [0.2, 0.25) is 0 Å². The molecule has 0 aliphatic heterocycles. The van der Waals surface area contributed by atoms with Gasteiger partial charge in [0, 0.05) is 10.6 Å². The van der Waals surface area contributed by atoms with Gasteiger partial charge in [-0.25, -0.2) is 4.79 Å². The molecule has 2 rings (SSSR count). The molecule has 0 radical (unpaired) electrons. The molecule has 0 atom stereocenters. The van der Waals surface area contributed by atoms with Crippen LogP contribution in [0.1, 0.15) is 15.9 Å². The smallest absolute Gasteiger partial charge is 0.365 e. The summed E-state index contributed by atoms with van der Waals surface area (Å²) in [5.74, 6) is 0.157. The first-order chi connectivity index (χ1) is 10.1. The highest BCUT2D eigenvalue weighted by Crippen LogP contribution is 2.13. The van der Waals surface area contributed by atoms with Gasteiger partial charge in [-0.3, -0.25) is 0 Å². The number of carbonyl (C=O) groups is 1. The maximum Gasteiger partial charge on any atom is 0.365 e. The molecule has 0 spiro atoms. The first-order valence-electron chi connectivity index (χ1n) is 6.05. The van der Waals surface area contributed by atoms with Crippen LogP contribution in [0.5, 0.6) is 5.75 Å². The molecule has 0 heterocycles. The Hall–Kier alpha value is -2.53. The second-order valence-corrected chi connectivity index (χ2v) is 4.53. The molecular formula is C15H13ClN2O3. The Morgan fingerprint density at radius 3 is 2.48 bits per heavy atom. The van der Waals surface area contributed by atoms with E-state index in [0.29, 0.717) is 21.9 Å². The van der Waals surface area contributed by atoms with Gasteiger partial charge < -0.3 is 15.3 Å². The van der Waals surface area contributed by atoms with Gasteiger partial charge in [0.1, 0.15) is 5.75 Å². The Morgan fingerprint density at radius 1 is 1.14 bits per heavy atom. The first-order valence-corrected chi connectivity index (χ1v) is 6.43. The summed E-state index contributed by atoms with van der Waals surface area (Å²) in [7, 11) is 1.57. The number of benzene rings is 2. The minimum Gasteiger partial charge on any atom is -0.497 e. The van der Waals surface area contributed by atoms with E-state index in [-0.39, 0.29) is 5.84 Å². The number of nitrogens with zero attached hydrogens (tertiary/aromatic N) is 1. The second-order valence-electron chi connectivity index (χ2n) is 4.09. The van der Waals surface area contributed by atoms with Crippen LogP contribution in [0.3, 0.4) is 0 Å². The van der Waals surface area contributed by atoms with Crippen molar-refractivity contribution < 1.29 is 14.4 Å². The third kappa shape index (κ3) is 3.97. The normalized spacial score (nSPS) is 11.0. The predicted molar refractivity (Wildman–Crippen MR) is 80.6 cm³/mol. The monoisotopic (exact) mass is 304 g/mol. The first kappa shape index (κ1) is 14.9. The van der Waals surface area contributed by atoms with Gasteiger partial charge in [-0.2, -0.15) is 0 Å². The zero-order valence-electron chi connectivity index (χ0n) is 11.2. The van der Waals surface area contributed by atoms with Crippen LogP contribution in [-0.2, 0) is 4.84 Å². The van der Waals surface area contributed by atoms with E-state index in [1.807, 2.05) is 0 Å². The number of methoxy groups -OCH3 is 1. The summed E-state index contributed by atoms with van der Waals surface area (Å²) < 4.78 is 5.04. The van der Waals surface area contributed by atoms with E-state index < -0.39 is 5.97 Å². The summed E-state index contributed by atoms with van der Waals surface area (Å²) in [4.78, 5) is 16.6. The maximum atomic E-state index is 11.8. The van der Waals surface area contributed by atoms with Crippen LogP contribution in [0.2, 0.25) is 5.02 Å². The number of halogens is 1. The summed E-state index contributed by atoms with van der Waals surface area (Å²) in [5.41, 5.74) is 6.67. The maximum absolute atomic E-state index is 11.8. The molecule has 2 aromatic rings. The van der Waals surface area contributed by atoms with Crippen molar-refractivity contribution in [3.8, 4) is 5.75 Å². The number of ether oxygens (including phenoxy) is 1. The average molecular weight is 305 g/mol. The van der Waals surface area contributed by atoms with Crippen molar-refractivity contribution in [1.29, 1.82) is 0 Å². The summed E-state index contributed by atoms with van der Waals surface area (Å²) in [6.45, 7) is 0. The fourth-order valence-corrected chi connectivity index (χ4v) is 1.76. The van der Waals surface area contributed by atoms with E-state index in [0.717, 1.165) is 0 Å². The minimum atomic E-state index is -0.631. The number of rotatable bonds is 4. The lowest BCUT2D eigenvalue weighted by Gasteiger charge is -2.03. The quantitative estimate of drug-likeness (QED) is 0.408. The Morgan fingerprint density at radius 2 is 1.86 bits per heavy atom. The predicted octanol–water partition coefficient (Wildman–Crippen LogP) is 2.83. The molecule has 0 saturated carbocycles. The third-order valence-electron chi connectivity index (χ3n) is 2.67. The molecular weight excluding hydrogens is 292 g/mol. The number of carbonyl (C=O) groups excluding carboxylic acids is 1. The lowest BCUT2D eigenvalue weighted by Crippen LogP contribution is -2.15. The molecule has 0 unspecified atom stereocenters. The van der Waals surface area contributed by atoms with Gasteiger partial charge in [0.15, 0.2) is 5.84 Å². The standard InChI is InChI=1S/C15H13ClN2O3/c1-20-13-7-5-10(6-8-13)14(17)18-21-15(19)11-3-2-4-12(16)9-11/h2-9H,1H3,(H2,17,18). The van der Waals surface area contributed by atoms with Crippen molar-refractivity contribution in [3.05, 3.63) is 64.7 Å². The van der Waals surface area contributed by atoms with Crippen LogP contribution >= 0.6 is 11.6 Å². The Balaban J connectivity index is 2.07. The van der Waals surface area contributed by atoms with Crippen molar-refractivity contribution >= 4 is 23.4 Å². The average Bonchev–Trinajstić information content (AvgIpc) is 2.52. The Kier molecular flexibility index (Phi) is 4.79. The van der Waals surface area contributed by atoms with Crippen molar-refractivity contribution in [2.24, 2.45) is 10.9 Å². The molecule has 21 heavy (non-hydrogen) atoms. The van der Waals surface area contributed by atoms with Gasteiger partial charge in [-0.05, 0) is 42.5 Å². The summed E-state index contributed by atoms with van der Waals surface area (Å²) in [5, 5.41) is 4.06. The zero-order valence-corrected chi connectivity index (χ0v) is 12.0. The molecule has 0 bridgehead atoms. The van der Waals surface area contributed by atoms with Gasteiger partial charge >= 0.3 is 5.97 Å². The molecule has 0 aliphatic carbocycles. The van der Waals surface area contributed by atoms with Crippen LogP contribution in [0.25, 0.3) is 0 Å². The summed E-state index contributed by atoms with van der Waals surface area (Å²) >= 11 is 5.80. The highest BCUT2D eigenvalue weighted by molar-refractivity contribution is 6.30. The second kappa shape index (κ2) is 6.76. The molecule has 0 fully saturated rings. The fraction of sp³-hybridized carbons (Fsp3) is 0.0667. The highest BCUT2D eigenvalue weighted by Gasteiger charge is 2.08. The van der Waals surface area contributed by atoms with Crippen molar-refractivity contribution in [1.82, 2.24) is 0 Å². The van der Waals surface area contributed by atoms with E-state index in [4.69, 9.17) is 26.9 Å². The molecule has 6 heteroatoms. The molecule has 0 aliphatic rings. The number of oxime groups is 1. The molecule has 108 valence electrons. The van der Waals surface area contributed by atoms with Gasteiger partial charge in [-0.15, -0.1) is 0 Å². The van der Waals surface area contributed by atoms with Gasteiger partial charge in [-0.1, -0.05) is 22.8 Å². The van der Waals surface area contributed by atoms with Crippen LogP contribution in [0.4, 0.5) is 0 Å². The topological polar surface area (TPSA) is 73.9 Å². The van der Waals surface area contributed by atoms with E-state index in [2.05, 4.69) is 5.16 Å². The van der Waals surface area contributed by atoms with Crippen LogP contribution < -0.4 is 10.5 Å². The van der Waals surface area contributed by atoms with Crippen molar-refractivity contribution in [2.45, 2.75) is 0 Å². The molecule has 0 amide bonds. The SMILES string of the molecule is COc1ccc(C(N)=NOC(=O)c2cccc(Cl)c2)cc1. The Labute approximate surface area is 126 Å². The molecule has 2 aromatic carbocycles. The van der Waals surface area contributed by atoms with Crippen LogP contribution in [0.15, 0.2) is 53.7 Å². The van der Waals surface area contributed by atoms with Crippen LogP contribution in [0, 0.1) is 0 Å². The minimum absolute atomic E-state index is 0.0908. The largest absolute Gasteiger partial charge is 0.497 e. The number of hydrogen-bond donors (Lipinski definition) is 1. The van der Waals surface area contributed by atoms with Crippen LogP contribution in [-0.4, -0.2) is 18.9 Å². The van der Waals surface area contributed by atoms with E-state index >= 15 is 0 Å². The van der Waals surface area contributed by atoms with Crippen molar-refractivity contribution in [2.75, 3.05) is 7.11 Å². The lowest BCUT2D eigenvalue weighted by molar-refractivity contribution is 0.0516. The number of amidine groups is 1. The van der Waals surface area contributed by atoms with E-state index in [1.165, 1.54) is 6.07 Å². The Bertz CT molecular complexity index is 669. The molecule has 2 N–H and O–H groups in total. The molecule has 5 nitrogen and oxygen atoms in total. The number of hydrogen-bond acceptors (Lipinski definition) is 4. The summed E-state index contributed by atoms with van der Waals surface area (Å²) in [6, 6.07) is 13.3. The zero-order chi connectivity index (χ0) is 15.2. The molecule has 0 saturated heterocycles. The molecule has 0 aromatic heterocycles. The fourth-order valence-electron chi connectivity index (χ4n) is 1.57. The summed E-state index contributed by atoms with van der Waals surface area (Å²) in [6.07, 6.45) is 0. The van der Waals surface area contributed by atoms with E-state index in [9.17, 15) is 4.79 Å². The van der Waals surface area contributed by atoms with E-state index in [1.54, 1.807) is 49.6 Å². The lowest BCUT2D eigenvalue weighted by atomic mass is 10.2.